The molecule has 2 rings (SSSR count). The molecule has 0 aliphatic carbocycles. The first-order valence-electron chi connectivity index (χ1n) is 6.83. The van der Waals surface area contributed by atoms with Gasteiger partial charge in [0.1, 0.15) is 0 Å². The van der Waals surface area contributed by atoms with E-state index < -0.39 is 0 Å². The standard InChI is InChI=1S/C13H22N2O2S/c1-3-9(2)15-12(16)8-11(13(15)17)14-10-4-6-18-7-5-10/h9-11,14H,3-8H2,1-2H3. The molecule has 0 aromatic heterocycles. The van der Waals surface area contributed by atoms with E-state index in [0.29, 0.717) is 12.5 Å². The van der Waals surface area contributed by atoms with Crippen molar-refractivity contribution in [1.29, 1.82) is 0 Å². The monoisotopic (exact) mass is 270 g/mol. The average Bonchev–Trinajstić information content (AvgIpc) is 2.65. The van der Waals surface area contributed by atoms with Crippen LogP contribution in [0.3, 0.4) is 0 Å². The van der Waals surface area contributed by atoms with Gasteiger partial charge in [-0.25, -0.2) is 0 Å². The van der Waals surface area contributed by atoms with E-state index in [1.807, 2.05) is 25.6 Å². The molecule has 1 N–H and O–H groups in total. The van der Waals surface area contributed by atoms with Gasteiger partial charge in [0.25, 0.3) is 0 Å². The molecule has 2 fully saturated rings. The maximum absolute atomic E-state index is 12.2. The van der Waals surface area contributed by atoms with E-state index in [0.717, 1.165) is 30.8 Å². The molecule has 2 unspecified atom stereocenters. The highest BCUT2D eigenvalue weighted by molar-refractivity contribution is 7.99. The average molecular weight is 270 g/mol. The molecule has 2 amide bonds. The molecule has 5 heteroatoms. The molecule has 2 heterocycles. The highest BCUT2D eigenvalue weighted by Crippen LogP contribution is 2.22. The van der Waals surface area contributed by atoms with Crippen molar-refractivity contribution in [2.75, 3.05) is 11.5 Å². The number of hydrogen-bond acceptors (Lipinski definition) is 4. The lowest BCUT2D eigenvalue weighted by Crippen LogP contribution is -2.46. The van der Waals surface area contributed by atoms with E-state index in [9.17, 15) is 9.59 Å². The smallest absolute Gasteiger partial charge is 0.247 e. The lowest BCUT2D eigenvalue weighted by molar-refractivity contribution is -0.141. The number of likely N-dealkylation sites (tertiary alicyclic amines) is 1. The molecule has 0 bridgehead atoms. The summed E-state index contributed by atoms with van der Waals surface area (Å²) in [4.78, 5) is 25.6. The number of amides is 2. The lowest BCUT2D eigenvalue weighted by atomic mass is 10.1. The van der Waals surface area contributed by atoms with Crippen LogP contribution in [0.2, 0.25) is 0 Å². The number of carbonyl (C=O) groups is 2. The molecule has 2 atom stereocenters. The van der Waals surface area contributed by atoms with Crippen LogP contribution in [-0.4, -0.2) is 46.3 Å². The molecule has 0 aromatic rings. The summed E-state index contributed by atoms with van der Waals surface area (Å²) in [6.07, 6.45) is 3.37. The van der Waals surface area contributed by atoms with Gasteiger partial charge in [-0.3, -0.25) is 14.5 Å². The number of thioether (sulfide) groups is 1. The molecule has 2 saturated heterocycles. The molecule has 4 nitrogen and oxygen atoms in total. The van der Waals surface area contributed by atoms with Crippen LogP contribution in [0.25, 0.3) is 0 Å². The van der Waals surface area contributed by atoms with Crippen molar-refractivity contribution in [3.05, 3.63) is 0 Å². The molecular formula is C13H22N2O2S. The Morgan fingerprint density at radius 2 is 2.06 bits per heavy atom. The molecule has 0 radical (unpaired) electrons. The van der Waals surface area contributed by atoms with Crippen LogP contribution < -0.4 is 5.32 Å². The predicted molar refractivity (Wildman–Crippen MR) is 73.5 cm³/mol. The van der Waals surface area contributed by atoms with E-state index >= 15 is 0 Å². The Morgan fingerprint density at radius 3 is 2.67 bits per heavy atom. The molecule has 0 spiro atoms. The van der Waals surface area contributed by atoms with Crippen LogP contribution in [0.4, 0.5) is 0 Å². The van der Waals surface area contributed by atoms with E-state index in [4.69, 9.17) is 0 Å². The number of rotatable bonds is 4. The Kier molecular flexibility index (Phi) is 4.67. The van der Waals surface area contributed by atoms with Crippen molar-refractivity contribution < 1.29 is 9.59 Å². The van der Waals surface area contributed by atoms with Gasteiger partial charge < -0.3 is 5.32 Å². The maximum Gasteiger partial charge on any atom is 0.247 e. The third-order valence-electron chi connectivity index (χ3n) is 3.87. The first kappa shape index (κ1) is 13.9. The van der Waals surface area contributed by atoms with Gasteiger partial charge in [0.2, 0.25) is 11.8 Å². The summed E-state index contributed by atoms with van der Waals surface area (Å²) in [7, 11) is 0. The number of hydrogen-bond donors (Lipinski definition) is 1. The van der Waals surface area contributed by atoms with Crippen molar-refractivity contribution in [3.8, 4) is 0 Å². The molecule has 0 saturated carbocycles. The van der Waals surface area contributed by atoms with Gasteiger partial charge in [-0.1, -0.05) is 6.92 Å². The van der Waals surface area contributed by atoms with Crippen molar-refractivity contribution >= 4 is 23.6 Å². The topological polar surface area (TPSA) is 49.4 Å². The third kappa shape index (κ3) is 2.88. The summed E-state index contributed by atoms with van der Waals surface area (Å²) in [5, 5.41) is 3.38. The van der Waals surface area contributed by atoms with Crippen LogP contribution in [0.1, 0.15) is 39.5 Å². The molecule has 18 heavy (non-hydrogen) atoms. The number of nitrogens with one attached hydrogen (secondary N) is 1. The van der Waals surface area contributed by atoms with Gasteiger partial charge in [0.15, 0.2) is 0 Å². The summed E-state index contributed by atoms with van der Waals surface area (Å²) in [6, 6.07) is 0.156. The minimum absolute atomic E-state index is 0.0166. The van der Waals surface area contributed by atoms with Gasteiger partial charge in [-0.15, -0.1) is 0 Å². The molecular weight excluding hydrogens is 248 g/mol. The van der Waals surface area contributed by atoms with E-state index in [1.54, 1.807) is 0 Å². The zero-order chi connectivity index (χ0) is 13.1. The first-order chi connectivity index (χ1) is 8.63. The minimum Gasteiger partial charge on any atom is -0.303 e. The zero-order valence-electron chi connectivity index (χ0n) is 11.1. The fourth-order valence-corrected chi connectivity index (χ4v) is 3.68. The predicted octanol–water partition coefficient (Wildman–Crippen LogP) is 1.40. The number of carbonyl (C=O) groups excluding carboxylic acids is 2. The van der Waals surface area contributed by atoms with Gasteiger partial charge in [0.05, 0.1) is 12.5 Å². The number of imide groups is 1. The van der Waals surface area contributed by atoms with Crippen LogP contribution in [0.5, 0.6) is 0 Å². The van der Waals surface area contributed by atoms with E-state index in [-0.39, 0.29) is 23.9 Å². The summed E-state index contributed by atoms with van der Waals surface area (Å²) in [6.45, 7) is 3.94. The van der Waals surface area contributed by atoms with Crippen molar-refractivity contribution in [3.63, 3.8) is 0 Å². The quantitative estimate of drug-likeness (QED) is 0.785. The molecule has 2 aliphatic rings. The Bertz CT molecular complexity index is 329. The maximum atomic E-state index is 12.2. The highest BCUT2D eigenvalue weighted by atomic mass is 32.2. The van der Waals surface area contributed by atoms with Gasteiger partial charge in [-0.05, 0) is 37.7 Å². The van der Waals surface area contributed by atoms with Crippen molar-refractivity contribution in [1.82, 2.24) is 10.2 Å². The Balaban J connectivity index is 1.94. The Labute approximate surface area is 113 Å². The van der Waals surface area contributed by atoms with E-state index in [2.05, 4.69) is 5.32 Å². The van der Waals surface area contributed by atoms with Crippen LogP contribution >= 0.6 is 11.8 Å². The zero-order valence-corrected chi connectivity index (χ0v) is 12.0. The van der Waals surface area contributed by atoms with Gasteiger partial charge in [0, 0.05) is 12.1 Å². The van der Waals surface area contributed by atoms with Crippen molar-refractivity contribution in [2.24, 2.45) is 0 Å². The molecule has 102 valence electrons. The third-order valence-corrected chi connectivity index (χ3v) is 4.92. The largest absolute Gasteiger partial charge is 0.303 e. The van der Waals surface area contributed by atoms with Crippen molar-refractivity contribution in [2.45, 2.75) is 57.7 Å². The molecule has 2 aliphatic heterocycles. The van der Waals surface area contributed by atoms with Crippen LogP contribution in [0, 0.1) is 0 Å². The summed E-state index contributed by atoms with van der Waals surface area (Å²) >= 11 is 1.96. The second kappa shape index (κ2) is 6.06. The van der Waals surface area contributed by atoms with E-state index in [1.165, 1.54) is 4.90 Å². The fourth-order valence-electron chi connectivity index (χ4n) is 2.58. The second-order valence-corrected chi connectivity index (χ2v) is 6.39. The van der Waals surface area contributed by atoms with Gasteiger partial charge in [-0.2, -0.15) is 11.8 Å². The second-order valence-electron chi connectivity index (χ2n) is 5.17. The fraction of sp³-hybridized carbons (Fsp3) is 0.846. The van der Waals surface area contributed by atoms with Crippen LogP contribution in [-0.2, 0) is 9.59 Å². The summed E-state index contributed by atoms with van der Waals surface area (Å²) in [5.74, 6) is 2.27. The minimum atomic E-state index is -0.278. The normalized spacial score (nSPS) is 27.9. The molecule has 0 aromatic carbocycles. The highest BCUT2D eigenvalue weighted by Gasteiger charge is 2.41. The first-order valence-corrected chi connectivity index (χ1v) is 7.98. The van der Waals surface area contributed by atoms with Crippen LogP contribution in [0.15, 0.2) is 0 Å². The number of nitrogens with zero attached hydrogens (tertiary/aromatic N) is 1. The Morgan fingerprint density at radius 1 is 1.39 bits per heavy atom. The van der Waals surface area contributed by atoms with Gasteiger partial charge >= 0.3 is 0 Å². The SMILES string of the molecule is CCC(C)N1C(=O)CC(NC2CCSCC2)C1=O. The Hall–Kier alpha value is -0.550. The summed E-state index contributed by atoms with van der Waals surface area (Å²) in [5.41, 5.74) is 0. The summed E-state index contributed by atoms with van der Waals surface area (Å²) < 4.78 is 0. The lowest BCUT2D eigenvalue weighted by Gasteiger charge is -2.26.